The molecule has 0 spiro atoms. The van der Waals surface area contributed by atoms with Crippen molar-refractivity contribution in [1.29, 1.82) is 0 Å². The van der Waals surface area contributed by atoms with E-state index in [9.17, 15) is 4.79 Å². The molecule has 7 heteroatoms. The minimum Gasteiger partial charge on any atom is -0.442 e. The van der Waals surface area contributed by atoms with E-state index in [4.69, 9.17) is 9.15 Å². The maximum atomic E-state index is 13.3. The summed E-state index contributed by atoms with van der Waals surface area (Å²) in [4.78, 5) is 26.6. The van der Waals surface area contributed by atoms with E-state index in [0.29, 0.717) is 36.1 Å². The number of nitrogens with zero attached hydrogens (tertiary/aromatic N) is 4. The maximum Gasteiger partial charge on any atom is 0.258 e. The number of morpholine rings is 1. The molecule has 2 aromatic rings. The predicted molar refractivity (Wildman–Crippen MR) is 98.7 cm³/mol. The Morgan fingerprint density at radius 3 is 2.35 bits per heavy atom. The molecule has 140 valence electrons. The van der Waals surface area contributed by atoms with Crippen LogP contribution in [0.1, 0.15) is 47.6 Å². The van der Waals surface area contributed by atoms with Crippen LogP contribution in [0.25, 0.3) is 11.1 Å². The minimum atomic E-state index is 0.0464. The number of hydrogen-bond donors (Lipinski definition) is 0. The topological polar surface area (TPSA) is 71.7 Å². The van der Waals surface area contributed by atoms with Gasteiger partial charge >= 0.3 is 0 Å². The smallest absolute Gasteiger partial charge is 0.258 e. The van der Waals surface area contributed by atoms with Crippen LogP contribution >= 0.6 is 0 Å². The number of carbonyl (C=O) groups excluding carboxylic acids is 1. The highest BCUT2D eigenvalue weighted by molar-refractivity contribution is 6.10. The third kappa shape index (κ3) is 3.16. The van der Waals surface area contributed by atoms with Crippen molar-refractivity contribution in [1.82, 2.24) is 14.9 Å². The molecule has 0 radical (unpaired) electrons. The Kier molecular flexibility index (Phi) is 4.80. The van der Waals surface area contributed by atoms with Crippen molar-refractivity contribution >= 4 is 22.8 Å². The first-order valence-corrected chi connectivity index (χ1v) is 9.55. The molecule has 0 N–H and O–H groups in total. The summed E-state index contributed by atoms with van der Waals surface area (Å²) in [6, 6.07) is 0. The van der Waals surface area contributed by atoms with Gasteiger partial charge in [0.05, 0.1) is 24.2 Å². The number of aryl methyl sites for hydroxylation is 2. The SMILES string of the molecule is Cc1nc(N2CCOCC2)c2c(C(=O)N3CCCCCC3)c(C)oc2n1. The van der Waals surface area contributed by atoms with Gasteiger partial charge in [0, 0.05) is 26.2 Å². The number of anilines is 1. The van der Waals surface area contributed by atoms with Gasteiger partial charge in [-0.2, -0.15) is 4.98 Å². The zero-order valence-corrected chi connectivity index (χ0v) is 15.6. The van der Waals surface area contributed by atoms with Crippen LogP contribution in [-0.4, -0.2) is 60.2 Å². The first-order valence-electron chi connectivity index (χ1n) is 9.55. The van der Waals surface area contributed by atoms with Crippen LogP contribution in [0.3, 0.4) is 0 Å². The Balaban J connectivity index is 1.80. The Morgan fingerprint density at radius 2 is 1.65 bits per heavy atom. The average Bonchev–Trinajstić information content (AvgIpc) is 2.82. The summed E-state index contributed by atoms with van der Waals surface area (Å²) in [5.41, 5.74) is 1.14. The number of furan rings is 1. The second-order valence-electron chi connectivity index (χ2n) is 7.11. The van der Waals surface area contributed by atoms with Crippen LogP contribution in [-0.2, 0) is 4.74 Å². The molecule has 0 saturated carbocycles. The molecule has 1 amide bonds. The summed E-state index contributed by atoms with van der Waals surface area (Å²) < 4.78 is 11.4. The van der Waals surface area contributed by atoms with E-state index < -0.39 is 0 Å². The molecule has 2 aliphatic heterocycles. The average molecular weight is 358 g/mol. The van der Waals surface area contributed by atoms with Gasteiger partial charge in [0.2, 0.25) is 5.71 Å². The molecule has 7 nitrogen and oxygen atoms in total. The lowest BCUT2D eigenvalue weighted by Crippen LogP contribution is -2.37. The summed E-state index contributed by atoms with van der Waals surface area (Å²) in [6.07, 6.45) is 4.51. The number of carbonyl (C=O) groups is 1. The molecule has 4 rings (SSSR count). The number of hydrogen-bond acceptors (Lipinski definition) is 6. The van der Waals surface area contributed by atoms with E-state index in [-0.39, 0.29) is 5.91 Å². The zero-order chi connectivity index (χ0) is 18.1. The van der Waals surface area contributed by atoms with Crippen LogP contribution in [0, 0.1) is 13.8 Å². The van der Waals surface area contributed by atoms with E-state index in [1.54, 1.807) is 0 Å². The van der Waals surface area contributed by atoms with Gasteiger partial charge in [0.25, 0.3) is 5.91 Å². The van der Waals surface area contributed by atoms with E-state index in [1.807, 2.05) is 18.7 Å². The van der Waals surface area contributed by atoms with Gasteiger partial charge in [-0.25, -0.2) is 4.98 Å². The molecule has 0 aliphatic carbocycles. The lowest BCUT2D eigenvalue weighted by Gasteiger charge is -2.28. The van der Waals surface area contributed by atoms with Crippen LogP contribution < -0.4 is 4.90 Å². The van der Waals surface area contributed by atoms with Gasteiger partial charge < -0.3 is 19.0 Å². The molecule has 2 aromatic heterocycles. The first-order chi connectivity index (χ1) is 12.6. The van der Waals surface area contributed by atoms with Gasteiger partial charge in [-0.15, -0.1) is 0 Å². The Hall–Kier alpha value is -2.15. The van der Waals surface area contributed by atoms with Crippen molar-refractivity contribution in [2.24, 2.45) is 0 Å². The van der Waals surface area contributed by atoms with E-state index in [1.165, 1.54) is 12.8 Å². The Labute approximate surface area is 153 Å². The van der Waals surface area contributed by atoms with E-state index >= 15 is 0 Å². The largest absolute Gasteiger partial charge is 0.442 e. The van der Waals surface area contributed by atoms with Crippen LogP contribution in [0.5, 0.6) is 0 Å². The monoisotopic (exact) mass is 358 g/mol. The number of rotatable bonds is 2. The highest BCUT2D eigenvalue weighted by Crippen LogP contribution is 2.33. The number of fused-ring (bicyclic) bond motifs is 1. The summed E-state index contributed by atoms with van der Waals surface area (Å²) >= 11 is 0. The molecule has 2 saturated heterocycles. The summed E-state index contributed by atoms with van der Waals surface area (Å²) in [5.74, 6) is 2.13. The quantitative estimate of drug-likeness (QED) is 0.822. The fraction of sp³-hybridized carbons (Fsp3) is 0.632. The summed E-state index contributed by atoms with van der Waals surface area (Å²) in [5, 5.41) is 0.754. The molecule has 0 atom stereocenters. The van der Waals surface area contributed by atoms with Crippen molar-refractivity contribution in [3.05, 3.63) is 17.1 Å². The normalized spacial score (nSPS) is 19.0. The molecule has 2 fully saturated rings. The van der Waals surface area contributed by atoms with Gasteiger partial charge in [0.1, 0.15) is 17.4 Å². The standard InChI is InChI=1S/C19H26N4O3/c1-13-15(19(24)23-7-5-3-4-6-8-23)16-17(22-9-11-25-12-10-22)20-14(2)21-18(16)26-13/h3-12H2,1-2H3. The molecule has 4 heterocycles. The third-order valence-corrected chi connectivity index (χ3v) is 5.24. The molecular weight excluding hydrogens is 332 g/mol. The van der Waals surface area contributed by atoms with Crippen molar-refractivity contribution in [3.8, 4) is 0 Å². The molecule has 0 unspecified atom stereocenters. The van der Waals surface area contributed by atoms with Gasteiger partial charge in [-0.05, 0) is 26.7 Å². The van der Waals surface area contributed by atoms with Crippen LogP contribution in [0.15, 0.2) is 4.42 Å². The molecule has 26 heavy (non-hydrogen) atoms. The van der Waals surface area contributed by atoms with Crippen molar-refractivity contribution in [3.63, 3.8) is 0 Å². The zero-order valence-electron chi connectivity index (χ0n) is 15.6. The number of aromatic nitrogens is 2. The maximum absolute atomic E-state index is 13.3. The van der Waals surface area contributed by atoms with Gasteiger partial charge in [0.15, 0.2) is 0 Å². The first kappa shape index (κ1) is 17.3. The molecule has 0 aromatic carbocycles. The fourth-order valence-electron chi connectivity index (χ4n) is 3.89. The lowest BCUT2D eigenvalue weighted by molar-refractivity contribution is 0.0761. The second-order valence-corrected chi connectivity index (χ2v) is 7.11. The van der Waals surface area contributed by atoms with Gasteiger partial charge in [-0.3, -0.25) is 4.79 Å². The highest BCUT2D eigenvalue weighted by atomic mass is 16.5. The van der Waals surface area contributed by atoms with E-state index in [2.05, 4.69) is 14.9 Å². The van der Waals surface area contributed by atoms with Crippen molar-refractivity contribution in [2.75, 3.05) is 44.3 Å². The lowest BCUT2D eigenvalue weighted by atomic mass is 10.1. The Morgan fingerprint density at radius 1 is 0.962 bits per heavy atom. The highest BCUT2D eigenvalue weighted by Gasteiger charge is 2.29. The number of amides is 1. The second kappa shape index (κ2) is 7.23. The fourth-order valence-corrected chi connectivity index (χ4v) is 3.89. The third-order valence-electron chi connectivity index (χ3n) is 5.24. The van der Waals surface area contributed by atoms with E-state index in [0.717, 1.165) is 50.2 Å². The molecular formula is C19H26N4O3. The summed E-state index contributed by atoms with van der Waals surface area (Å²) in [6.45, 7) is 8.17. The summed E-state index contributed by atoms with van der Waals surface area (Å²) in [7, 11) is 0. The van der Waals surface area contributed by atoms with Crippen molar-refractivity contribution < 1.29 is 13.9 Å². The van der Waals surface area contributed by atoms with Crippen LogP contribution in [0.2, 0.25) is 0 Å². The number of likely N-dealkylation sites (tertiary alicyclic amines) is 1. The van der Waals surface area contributed by atoms with Crippen LogP contribution in [0.4, 0.5) is 5.82 Å². The minimum absolute atomic E-state index is 0.0464. The predicted octanol–water partition coefficient (Wildman–Crippen LogP) is 2.69. The Bertz CT molecular complexity index is 803. The number of ether oxygens (including phenoxy) is 1. The van der Waals surface area contributed by atoms with Gasteiger partial charge in [-0.1, -0.05) is 12.8 Å². The van der Waals surface area contributed by atoms with Crippen molar-refractivity contribution in [2.45, 2.75) is 39.5 Å². The molecule has 2 aliphatic rings. The molecule has 0 bridgehead atoms.